The average Bonchev–Trinajstić information content (AvgIpc) is 2.80. The quantitative estimate of drug-likeness (QED) is 0.218. The standard InChI is InChI=1S/C26H36N4O2/c1-22-13-17-28-24(19-22)25-20-23(14-18-29-25)11-7-8-12-26(32)30-16-10-6-4-2-3-5-9-15-27-21-31/h13-14,17-20H,2-12,15-16H2,1H3,(H,30,32). The summed E-state index contributed by atoms with van der Waals surface area (Å²) in [5.41, 5.74) is 4.20. The maximum atomic E-state index is 12.0. The minimum absolute atomic E-state index is 0.153. The van der Waals surface area contributed by atoms with Crippen LogP contribution in [0.15, 0.2) is 41.7 Å². The lowest BCUT2D eigenvalue weighted by Gasteiger charge is -2.07. The summed E-state index contributed by atoms with van der Waals surface area (Å²) in [5, 5.41) is 3.04. The van der Waals surface area contributed by atoms with E-state index in [0.29, 0.717) is 13.0 Å². The Balaban J connectivity index is 1.50. The van der Waals surface area contributed by atoms with E-state index in [1.807, 2.05) is 30.6 Å². The van der Waals surface area contributed by atoms with E-state index in [2.05, 4.69) is 33.3 Å². The molecule has 6 heteroatoms. The van der Waals surface area contributed by atoms with Gasteiger partial charge >= 0.3 is 0 Å². The summed E-state index contributed by atoms with van der Waals surface area (Å²) < 4.78 is 0. The highest BCUT2D eigenvalue weighted by Gasteiger charge is 2.04. The van der Waals surface area contributed by atoms with E-state index in [0.717, 1.165) is 62.9 Å². The average molecular weight is 437 g/mol. The number of aryl methyl sites for hydroxylation is 2. The van der Waals surface area contributed by atoms with Gasteiger partial charge in [0.15, 0.2) is 0 Å². The van der Waals surface area contributed by atoms with Crippen LogP contribution in [-0.4, -0.2) is 35.0 Å². The number of nitrogens with one attached hydrogen (secondary N) is 1. The lowest BCUT2D eigenvalue weighted by Crippen LogP contribution is -2.24. The van der Waals surface area contributed by atoms with Crippen LogP contribution >= 0.6 is 0 Å². The van der Waals surface area contributed by atoms with Gasteiger partial charge < -0.3 is 5.32 Å². The molecule has 0 aliphatic rings. The number of isocyanates is 1. The molecule has 1 N–H and O–H groups in total. The van der Waals surface area contributed by atoms with Crippen molar-refractivity contribution in [1.29, 1.82) is 0 Å². The molecule has 32 heavy (non-hydrogen) atoms. The third kappa shape index (κ3) is 11.0. The molecular weight excluding hydrogens is 400 g/mol. The second kappa shape index (κ2) is 15.9. The molecule has 0 bridgehead atoms. The van der Waals surface area contributed by atoms with E-state index in [4.69, 9.17) is 0 Å². The number of aliphatic imine (C=N–C) groups is 1. The molecule has 0 spiro atoms. The maximum absolute atomic E-state index is 12.0. The van der Waals surface area contributed by atoms with Gasteiger partial charge in [-0.2, -0.15) is 0 Å². The zero-order valence-electron chi connectivity index (χ0n) is 19.3. The molecule has 2 rings (SSSR count). The van der Waals surface area contributed by atoms with Crippen LogP contribution in [0.3, 0.4) is 0 Å². The van der Waals surface area contributed by atoms with Gasteiger partial charge in [-0.15, -0.1) is 0 Å². The fraction of sp³-hybridized carbons (Fsp3) is 0.538. The zero-order valence-corrected chi connectivity index (χ0v) is 19.3. The molecule has 172 valence electrons. The number of unbranched alkanes of at least 4 members (excludes halogenated alkanes) is 7. The molecule has 0 unspecified atom stereocenters. The molecule has 2 aromatic heterocycles. The summed E-state index contributed by atoms with van der Waals surface area (Å²) in [4.78, 5) is 34.4. The Bertz CT molecular complexity index is 862. The third-order valence-electron chi connectivity index (χ3n) is 5.45. The van der Waals surface area contributed by atoms with Gasteiger partial charge in [0.25, 0.3) is 0 Å². The van der Waals surface area contributed by atoms with Crippen molar-refractivity contribution in [2.24, 2.45) is 4.99 Å². The number of carbonyl (C=O) groups is 1. The predicted molar refractivity (Wildman–Crippen MR) is 128 cm³/mol. The van der Waals surface area contributed by atoms with Gasteiger partial charge in [0.1, 0.15) is 0 Å². The zero-order chi connectivity index (χ0) is 22.9. The third-order valence-corrected chi connectivity index (χ3v) is 5.45. The fourth-order valence-corrected chi connectivity index (χ4v) is 3.62. The van der Waals surface area contributed by atoms with Crippen molar-refractivity contribution < 1.29 is 9.59 Å². The molecule has 0 saturated heterocycles. The molecule has 0 aliphatic carbocycles. The lowest BCUT2D eigenvalue weighted by atomic mass is 10.1. The van der Waals surface area contributed by atoms with E-state index in [9.17, 15) is 9.59 Å². The Hall–Kier alpha value is -2.85. The summed E-state index contributed by atoms with van der Waals surface area (Å²) in [6, 6.07) is 8.17. The van der Waals surface area contributed by atoms with Crippen LogP contribution in [0.5, 0.6) is 0 Å². The van der Waals surface area contributed by atoms with Crippen LogP contribution in [0.2, 0.25) is 0 Å². The van der Waals surface area contributed by atoms with E-state index in [-0.39, 0.29) is 5.91 Å². The van der Waals surface area contributed by atoms with Gasteiger partial charge in [-0.1, -0.05) is 32.1 Å². The molecule has 0 saturated carbocycles. The highest BCUT2D eigenvalue weighted by molar-refractivity contribution is 5.75. The van der Waals surface area contributed by atoms with Gasteiger partial charge in [0.05, 0.1) is 17.9 Å². The lowest BCUT2D eigenvalue weighted by molar-refractivity contribution is -0.121. The van der Waals surface area contributed by atoms with Crippen molar-refractivity contribution >= 4 is 12.0 Å². The number of rotatable bonds is 16. The minimum Gasteiger partial charge on any atom is -0.356 e. The van der Waals surface area contributed by atoms with E-state index >= 15 is 0 Å². The fourth-order valence-electron chi connectivity index (χ4n) is 3.62. The molecule has 0 atom stereocenters. The van der Waals surface area contributed by atoms with Crippen LogP contribution in [0, 0.1) is 6.92 Å². The molecule has 2 heterocycles. The van der Waals surface area contributed by atoms with E-state index in [1.165, 1.54) is 30.4 Å². The topological polar surface area (TPSA) is 84.3 Å². The van der Waals surface area contributed by atoms with Gasteiger partial charge in [-0.05, 0) is 74.4 Å². The highest BCUT2D eigenvalue weighted by Crippen LogP contribution is 2.17. The Morgan fingerprint density at radius 3 is 2.34 bits per heavy atom. The Morgan fingerprint density at radius 2 is 1.59 bits per heavy atom. The van der Waals surface area contributed by atoms with Crippen molar-refractivity contribution in [3.63, 3.8) is 0 Å². The minimum atomic E-state index is 0.153. The van der Waals surface area contributed by atoms with Gasteiger partial charge in [-0.25, -0.2) is 9.79 Å². The molecule has 0 aromatic carbocycles. The molecule has 2 aromatic rings. The number of hydrogen-bond acceptors (Lipinski definition) is 5. The molecule has 0 radical (unpaired) electrons. The van der Waals surface area contributed by atoms with Gasteiger partial charge in [0.2, 0.25) is 12.0 Å². The summed E-state index contributed by atoms with van der Waals surface area (Å²) in [6.45, 7) is 3.42. The largest absolute Gasteiger partial charge is 0.356 e. The number of aromatic nitrogens is 2. The van der Waals surface area contributed by atoms with Crippen molar-refractivity contribution in [2.75, 3.05) is 13.1 Å². The predicted octanol–water partition coefficient (Wildman–Crippen LogP) is 5.35. The summed E-state index contributed by atoms with van der Waals surface area (Å²) >= 11 is 0. The summed E-state index contributed by atoms with van der Waals surface area (Å²) in [5.74, 6) is 0.153. The molecule has 0 fully saturated rings. The Kier molecular flexibility index (Phi) is 12.6. The van der Waals surface area contributed by atoms with E-state index < -0.39 is 0 Å². The van der Waals surface area contributed by atoms with Crippen molar-refractivity contribution in [1.82, 2.24) is 15.3 Å². The first kappa shape index (κ1) is 25.4. The SMILES string of the molecule is Cc1ccnc(-c2cc(CCCCC(=O)NCCCCCCCCCN=C=O)ccn2)c1. The number of hydrogen-bond donors (Lipinski definition) is 1. The first-order valence-electron chi connectivity index (χ1n) is 11.9. The Labute approximate surface area is 192 Å². The monoisotopic (exact) mass is 436 g/mol. The number of amides is 1. The van der Waals surface area contributed by atoms with Crippen molar-refractivity contribution in [2.45, 2.75) is 77.6 Å². The van der Waals surface area contributed by atoms with Crippen molar-refractivity contribution in [3.8, 4) is 11.4 Å². The summed E-state index contributed by atoms with van der Waals surface area (Å²) in [7, 11) is 0. The van der Waals surface area contributed by atoms with Crippen LogP contribution in [0.25, 0.3) is 11.4 Å². The molecule has 6 nitrogen and oxygen atoms in total. The van der Waals surface area contributed by atoms with E-state index in [1.54, 1.807) is 6.08 Å². The van der Waals surface area contributed by atoms with Crippen LogP contribution in [0.4, 0.5) is 0 Å². The summed E-state index contributed by atoms with van der Waals surface area (Å²) in [6.07, 6.45) is 16.5. The Morgan fingerprint density at radius 1 is 0.906 bits per heavy atom. The molecule has 1 amide bonds. The smallest absolute Gasteiger partial charge is 0.234 e. The van der Waals surface area contributed by atoms with Gasteiger partial charge in [0, 0.05) is 25.4 Å². The number of carbonyl (C=O) groups excluding carboxylic acids is 2. The van der Waals surface area contributed by atoms with Crippen LogP contribution in [0.1, 0.15) is 75.3 Å². The van der Waals surface area contributed by atoms with Gasteiger partial charge in [-0.3, -0.25) is 14.8 Å². The van der Waals surface area contributed by atoms with Crippen molar-refractivity contribution in [3.05, 3.63) is 47.8 Å². The maximum Gasteiger partial charge on any atom is 0.234 e. The van der Waals surface area contributed by atoms with Crippen LogP contribution < -0.4 is 5.32 Å². The molecule has 0 aliphatic heterocycles. The number of pyridine rings is 2. The van der Waals surface area contributed by atoms with Crippen LogP contribution in [-0.2, 0) is 16.0 Å². The second-order valence-corrected chi connectivity index (χ2v) is 8.27. The first-order valence-corrected chi connectivity index (χ1v) is 11.9. The second-order valence-electron chi connectivity index (χ2n) is 8.27. The highest BCUT2D eigenvalue weighted by atomic mass is 16.1. The first-order chi connectivity index (χ1) is 15.7. The normalized spacial score (nSPS) is 10.5. The molecular formula is C26H36N4O2. The number of nitrogens with zero attached hydrogens (tertiary/aromatic N) is 3.